The Morgan fingerprint density at radius 2 is 1.28 bits per heavy atom. The van der Waals surface area contributed by atoms with Crippen LogP contribution in [0.15, 0.2) is 70.6 Å². The average Bonchev–Trinajstić information content (AvgIpc) is 2.82. The van der Waals surface area contributed by atoms with Crippen LogP contribution in [0.3, 0.4) is 0 Å². The number of hydrogen-bond donors (Lipinski definition) is 0. The monoisotopic (exact) mass is 457 g/mol. The first kappa shape index (κ1) is 23.0. The Morgan fingerprint density at radius 1 is 0.719 bits per heavy atom. The minimum absolute atomic E-state index is 0.0304. The maximum absolute atomic E-state index is 12.4. The molecule has 0 saturated carbocycles. The fourth-order valence-corrected chi connectivity index (χ4v) is 3.76. The third-order valence-electron chi connectivity index (χ3n) is 4.44. The van der Waals surface area contributed by atoms with Crippen molar-refractivity contribution in [2.75, 3.05) is 28.4 Å². The molecule has 0 spiro atoms. The molecule has 0 unspecified atom stereocenters. The molecule has 0 N–H and O–H groups in total. The quantitative estimate of drug-likeness (QED) is 0.350. The van der Waals surface area contributed by atoms with E-state index in [0.29, 0.717) is 28.7 Å². The molecule has 0 aromatic heterocycles. The van der Waals surface area contributed by atoms with Crippen molar-refractivity contribution in [3.8, 4) is 28.7 Å². The largest absolute Gasteiger partial charge is 0.497 e. The molecule has 0 saturated heterocycles. The van der Waals surface area contributed by atoms with Gasteiger partial charge in [0.1, 0.15) is 16.4 Å². The van der Waals surface area contributed by atoms with Gasteiger partial charge in [-0.15, -0.1) is 0 Å². The van der Waals surface area contributed by atoms with Gasteiger partial charge in [0.15, 0.2) is 11.5 Å². The van der Waals surface area contributed by atoms with Crippen LogP contribution in [0.1, 0.15) is 5.56 Å². The highest BCUT2D eigenvalue weighted by molar-refractivity contribution is 7.87. The molecule has 0 aliphatic carbocycles. The summed E-state index contributed by atoms with van der Waals surface area (Å²) in [5.74, 6) is 2.25. The van der Waals surface area contributed by atoms with Crippen LogP contribution in [0.4, 0.5) is 5.69 Å². The number of ether oxygens (including phenoxy) is 4. The predicted molar refractivity (Wildman–Crippen MR) is 121 cm³/mol. The van der Waals surface area contributed by atoms with Crippen molar-refractivity contribution in [2.45, 2.75) is 4.90 Å². The second kappa shape index (κ2) is 10.1. The third-order valence-corrected chi connectivity index (χ3v) is 5.70. The van der Waals surface area contributed by atoms with E-state index in [9.17, 15) is 8.42 Å². The van der Waals surface area contributed by atoms with Crippen molar-refractivity contribution in [3.05, 3.63) is 66.2 Å². The van der Waals surface area contributed by atoms with Gasteiger partial charge in [0.05, 0.1) is 34.1 Å². The Morgan fingerprint density at radius 3 is 1.78 bits per heavy atom. The molecule has 0 radical (unpaired) electrons. The third kappa shape index (κ3) is 5.30. The maximum Gasteiger partial charge on any atom is 0.339 e. The number of rotatable bonds is 9. The molecule has 32 heavy (non-hydrogen) atoms. The van der Waals surface area contributed by atoms with Crippen molar-refractivity contribution in [2.24, 2.45) is 4.99 Å². The lowest BCUT2D eigenvalue weighted by Crippen LogP contribution is -2.09. The predicted octanol–water partition coefficient (Wildman–Crippen LogP) is 4.24. The van der Waals surface area contributed by atoms with E-state index < -0.39 is 10.1 Å². The van der Waals surface area contributed by atoms with Crippen LogP contribution in [0.5, 0.6) is 28.7 Å². The second-order valence-electron chi connectivity index (χ2n) is 6.42. The molecule has 9 heteroatoms. The van der Waals surface area contributed by atoms with Gasteiger partial charge in [-0.05, 0) is 60.7 Å². The molecule has 8 nitrogen and oxygen atoms in total. The molecule has 3 aromatic carbocycles. The lowest BCUT2D eigenvalue weighted by molar-refractivity contribution is 0.324. The molecule has 0 amide bonds. The van der Waals surface area contributed by atoms with Gasteiger partial charge in [-0.1, -0.05) is 0 Å². The number of methoxy groups -OCH3 is 4. The van der Waals surface area contributed by atoms with E-state index in [1.54, 1.807) is 42.6 Å². The number of hydrogen-bond acceptors (Lipinski definition) is 8. The summed E-state index contributed by atoms with van der Waals surface area (Å²) in [4.78, 5) is 4.43. The van der Waals surface area contributed by atoms with Crippen molar-refractivity contribution >= 4 is 22.0 Å². The van der Waals surface area contributed by atoms with E-state index in [1.165, 1.54) is 52.7 Å². The van der Waals surface area contributed by atoms with E-state index in [4.69, 9.17) is 23.1 Å². The van der Waals surface area contributed by atoms with E-state index >= 15 is 0 Å². The smallest absolute Gasteiger partial charge is 0.339 e. The van der Waals surface area contributed by atoms with Crippen molar-refractivity contribution < 1.29 is 31.5 Å². The molecule has 0 bridgehead atoms. The first-order chi connectivity index (χ1) is 15.4. The van der Waals surface area contributed by atoms with Crippen molar-refractivity contribution in [1.82, 2.24) is 0 Å². The average molecular weight is 458 g/mol. The fourth-order valence-electron chi connectivity index (χ4n) is 2.83. The zero-order chi connectivity index (χ0) is 23.1. The molecule has 0 aliphatic heterocycles. The van der Waals surface area contributed by atoms with E-state index in [2.05, 4.69) is 4.99 Å². The van der Waals surface area contributed by atoms with Crippen LogP contribution < -0.4 is 23.1 Å². The number of nitrogens with zero attached hydrogens (tertiary/aromatic N) is 1. The highest BCUT2D eigenvalue weighted by Crippen LogP contribution is 2.37. The summed E-state index contributed by atoms with van der Waals surface area (Å²) in [7, 11) is 2.16. The van der Waals surface area contributed by atoms with Gasteiger partial charge in [0, 0.05) is 11.8 Å². The Hall–Kier alpha value is -3.72. The molecule has 0 fully saturated rings. The van der Waals surface area contributed by atoms with E-state index in [0.717, 1.165) is 5.56 Å². The topological polar surface area (TPSA) is 92.7 Å². The number of aliphatic imine (C=N–C) groups is 1. The van der Waals surface area contributed by atoms with E-state index in [1.807, 2.05) is 0 Å². The first-order valence-electron chi connectivity index (χ1n) is 9.43. The second-order valence-corrected chi connectivity index (χ2v) is 7.97. The highest BCUT2D eigenvalue weighted by atomic mass is 32.2. The Labute approximate surface area is 187 Å². The molecule has 0 atom stereocenters. The van der Waals surface area contributed by atoms with Gasteiger partial charge < -0.3 is 23.1 Å². The zero-order valence-electron chi connectivity index (χ0n) is 18.1. The SMILES string of the molecule is COc1ccc(S(=O)(=O)Oc2ccc(/N=C/c3cc(OC)c(OC)c(OC)c3)cc2)cc1. The van der Waals surface area contributed by atoms with Gasteiger partial charge in [0.25, 0.3) is 0 Å². The van der Waals surface area contributed by atoms with Gasteiger partial charge in [-0.2, -0.15) is 8.42 Å². The first-order valence-corrected chi connectivity index (χ1v) is 10.8. The van der Waals surface area contributed by atoms with Crippen LogP contribution >= 0.6 is 0 Å². The van der Waals surface area contributed by atoms with Crippen LogP contribution in [0, 0.1) is 0 Å². The van der Waals surface area contributed by atoms with Crippen LogP contribution in [0.2, 0.25) is 0 Å². The van der Waals surface area contributed by atoms with Gasteiger partial charge in [-0.3, -0.25) is 4.99 Å². The van der Waals surface area contributed by atoms with Crippen LogP contribution in [-0.4, -0.2) is 43.1 Å². The molecular weight excluding hydrogens is 434 g/mol. The Bertz CT molecular complexity index is 1160. The lowest BCUT2D eigenvalue weighted by atomic mass is 10.2. The minimum Gasteiger partial charge on any atom is -0.497 e. The zero-order valence-corrected chi connectivity index (χ0v) is 18.9. The Kier molecular flexibility index (Phi) is 7.21. The van der Waals surface area contributed by atoms with Crippen LogP contribution in [0.25, 0.3) is 0 Å². The maximum atomic E-state index is 12.4. The van der Waals surface area contributed by atoms with Crippen molar-refractivity contribution in [1.29, 1.82) is 0 Å². The summed E-state index contributed by atoms with van der Waals surface area (Å²) in [6, 6.07) is 15.8. The van der Waals surface area contributed by atoms with Crippen LogP contribution in [-0.2, 0) is 10.1 Å². The Balaban J connectivity index is 1.75. The molecular formula is C23H23NO7S. The van der Waals surface area contributed by atoms with Gasteiger partial charge in [0.2, 0.25) is 5.75 Å². The summed E-state index contributed by atoms with van der Waals surface area (Å²) in [6.07, 6.45) is 1.63. The van der Waals surface area contributed by atoms with E-state index in [-0.39, 0.29) is 10.6 Å². The lowest BCUT2D eigenvalue weighted by Gasteiger charge is -2.12. The standard InChI is InChI=1S/C23H23NO7S/c1-27-18-9-11-20(12-10-18)32(25,26)31-19-7-5-17(6-8-19)24-15-16-13-21(28-2)23(30-4)22(14-16)29-3/h5-15H,1-4H3/b24-15+. The summed E-state index contributed by atoms with van der Waals surface area (Å²) in [5.41, 5.74) is 1.34. The summed E-state index contributed by atoms with van der Waals surface area (Å²) in [6.45, 7) is 0. The molecule has 3 rings (SSSR count). The minimum atomic E-state index is -3.96. The van der Waals surface area contributed by atoms with Gasteiger partial charge in [-0.25, -0.2) is 0 Å². The summed E-state index contributed by atoms with van der Waals surface area (Å²) in [5, 5.41) is 0. The summed E-state index contributed by atoms with van der Waals surface area (Å²) < 4.78 is 51.1. The normalized spacial score (nSPS) is 11.2. The van der Waals surface area contributed by atoms with Gasteiger partial charge >= 0.3 is 10.1 Å². The fraction of sp³-hybridized carbons (Fsp3) is 0.174. The highest BCUT2D eigenvalue weighted by Gasteiger charge is 2.17. The molecule has 0 aliphatic rings. The van der Waals surface area contributed by atoms with Crippen molar-refractivity contribution in [3.63, 3.8) is 0 Å². The number of benzene rings is 3. The molecule has 3 aromatic rings. The molecule has 0 heterocycles. The summed E-state index contributed by atoms with van der Waals surface area (Å²) >= 11 is 0. The molecule has 168 valence electrons.